The SMILES string of the molecule is CC(=O)NN(CC(=O)O)C1=C(C)C(=O)C=CC1=O. The van der Waals surface area contributed by atoms with Gasteiger partial charge in [-0.3, -0.25) is 29.6 Å². The van der Waals surface area contributed by atoms with E-state index in [-0.39, 0.29) is 11.3 Å². The highest BCUT2D eigenvalue weighted by atomic mass is 16.4. The zero-order valence-electron chi connectivity index (χ0n) is 9.89. The second-order valence-corrected chi connectivity index (χ2v) is 3.68. The Balaban J connectivity index is 3.14. The smallest absolute Gasteiger partial charge is 0.325 e. The molecule has 0 aromatic heterocycles. The zero-order valence-corrected chi connectivity index (χ0v) is 9.89. The maximum atomic E-state index is 11.7. The molecule has 0 aromatic rings. The van der Waals surface area contributed by atoms with Gasteiger partial charge in [-0.2, -0.15) is 0 Å². The lowest BCUT2D eigenvalue weighted by molar-refractivity contribution is -0.139. The normalized spacial score (nSPS) is 14.8. The molecule has 96 valence electrons. The van der Waals surface area contributed by atoms with Crippen LogP contribution in [-0.2, 0) is 19.2 Å². The fourth-order valence-electron chi connectivity index (χ4n) is 1.49. The van der Waals surface area contributed by atoms with E-state index in [0.717, 1.165) is 17.2 Å². The van der Waals surface area contributed by atoms with E-state index in [4.69, 9.17) is 5.11 Å². The van der Waals surface area contributed by atoms with Gasteiger partial charge in [-0.1, -0.05) is 0 Å². The number of nitrogens with zero attached hydrogens (tertiary/aromatic N) is 1. The van der Waals surface area contributed by atoms with Crippen molar-refractivity contribution in [2.75, 3.05) is 6.54 Å². The number of hydrogen-bond acceptors (Lipinski definition) is 5. The largest absolute Gasteiger partial charge is 0.480 e. The molecule has 0 heterocycles. The van der Waals surface area contributed by atoms with E-state index in [1.807, 2.05) is 0 Å². The summed E-state index contributed by atoms with van der Waals surface area (Å²) < 4.78 is 0. The number of nitrogens with one attached hydrogen (secondary N) is 1. The number of allylic oxidation sites excluding steroid dienone is 3. The summed E-state index contributed by atoms with van der Waals surface area (Å²) in [5, 5.41) is 9.60. The van der Waals surface area contributed by atoms with E-state index < -0.39 is 30.0 Å². The number of aliphatic carboxylic acids is 1. The van der Waals surface area contributed by atoms with Crippen LogP contribution in [0.5, 0.6) is 0 Å². The Labute approximate surface area is 103 Å². The van der Waals surface area contributed by atoms with Gasteiger partial charge in [0.1, 0.15) is 12.2 Å². The lowest BCUT2D eigenvalue weighted by atomic mass is 10.0. The van der Waals surface area contributed by atoms with Gasteiger partial charge in [0.25, 0.3) is 0 Å². The van der Waals surface area contributed by atoms with Crippen molar-refractivity contribution in [2.45, 2.75) is 13.8 Å². The van der Waals surface area contributed by atoms with E-state index in [1.165, 1.54) is 13.8 Å². The van der Waals surface area contributed by atoms with Crippen molar-refractivity contribution < 1.29 is 24.3 Å². The molecule has 0 aliphatic heterocycles. The first-order valence-corrected chi connectivity index (χ1v) is 5.07. The molecular weight excluding hydrogens is 240 g/mol. The molecular formula is C11H12N2O5. The topological polar surface area (TPSA) is 104 Å². The number of amides is 1. The van der Waals surface area contributed by atoms with Gasteiger partial charge in [0, 0.05) is 12.5 Å². The van der Waals surface area contributed by atoms with E-state index >= 15 is 0 Å². The molecule has 0 saturated carbocycles. The Bertz CT molecular complexity index is 474. The van der Waals surface area contributed by atoms with Gasteiger partial charge in [-0.05, 0) is 19.1 Å². The maximum absolute atomic E-state index is 11.7. The van der Waals surface area contributed by atoms with Crippen LogP contribution in [0.25, 0.3) is 0 Å². The fraction of sp³-hybridized carbons (Fsp3) is 0.273. The lowest BCUT2D eigenvalue weighted by Crippen LogP contribution is -2.46. The minimum Gasteiger partial charge on any atom is -0.480 e. The van der Waals surface area contributed by atoms with Crippen LogP contribution >= 0.6 is 0 Å². The number of hydrazine groups is 1. The summed E-state index contributed by atoms with van der Waals surface area (Å²) in [6.45, 7) is 1.96. The van der Waals surface area contributed by atoms with Gasteiger partial charge < -0.3 is 5.11 Å². The molecule has 1 aliphatic rings. The molecule has 1 rings (SSSR count). The number of carbonyl (C=O) groups excluding carboxylic acids is 3. The number of ketones is 2. The standard InChI is InChI=1S/C11H12N2O5/c1-6-8(15)3-4-9(16)11(6)13(5-10(17)18)12-7(2)14/h3-4H,5H2,1-2H3,(H,12,14)(H,17,18). The van der Waals surface area contributed by atoms with Crippen LogP contribution in [0.3, 0.4) is 0 Å². The first-order valence-electron chi connectivity index (χ1n) is 5.07. The monoisotopic (exact) mass is 252 g/mol. The predicted octanol–water partition coefficient (Wildman–Crippen LogP) is -0.594. The molecule has 7 nitrogen and oxygen atoms in total. The van der Waals surface area contributed by atoms with Crippen LogP contribution in [0.4, 0.5) is 0 Å². The van der Waals surface area contributed by atoms with Gasteiger partial charge in [0.05, 0.1) is 0 Å². The average molecular weight is 252 g/mol. The van der Waals surface area contributed by atoms with Crippen molar-refractivity contribution >= 4 is 23.4 Å². The zero-order chi connectivity index (χ0) is 13.9. The van der Waals surface area contributed by atoms with E-state index in [2.05, 4.69) is 5.43 Å². The molecule has 0 atom stereocenters. The Morgan fingerprint density at radius 3 is 2.33 bits per heavy atom. The minimum atomic E-state index is -1.24. The van der Waals surface area contributed by atoms with Gasteiger partial charge >= 0.3 is 5.97 Å². The number of carbonyl (C=O) groups is 4. The lowest BCUT2D eigenvalue weighted by Gasteiger charge is -2.26. The molecule has 0 aromatic carbocycles. The van der Waals surface area contributed by atoms with Crippen molar-refractivity contribution in [3.8, 4) is 0 Å². The quantitative estimate of drug-likeness (QED) is 0.511. The summed E-state index contributed by atoms with van der Waals surface area (Å²) in [6.07, 6.45) is 2.15. The molecule has 2 N–H and O–H groups in total. The predicted molar refractivity (Wildman–Crippen MR) is 60.0 cm³/mol. The van der Waals surface area contributed by atoms with Crippen molar-refractivity contribution in [1.82, 2.24) is 10.4 Å². The fourth-order valence-corrected chi connectivity index (χ4v) is 1.49. The van der Waals surface area contributed by atoms with Crippen LogP contribution in [-0.4, -0.2) is 40.1 Å². The van der Waals surface area contributed by atoms with Crippen LogP contribution in [0, 0.1) is 0 Å². The Morgan fingerprint density at radius 2 is 1.83 bits per heavy atom. The highest BCUT2D eigenvalue weighted by Gasteiger charge is 2.26. The summed E-state index contributed by atoms with van der Waals surface area (Å²) in [5.74, 6) is -2.70. The van der Waals surface area contributed by atoms with Crippen molar-refractivity contribution in [3.05, 3.63) is 23.4 Å². The molecule has 18 heavy (non-hydrogen) atoms. The maximum Gasteiger partial charge on any atom is 0.325 e. The van der Waals surface area contributed by atoms with Crippen LogP contribution in [0.2, 0.25) is 0 Å². The van der Waals surface area contributed by atoms with E-state index in [1.54, 1.807) is 0 Å². The molecule has 7 heteroatoms. The number of carboxylic acids is 1. The summed E-state index contributed by atoms with van der Waals surface area (Å²) in [4.78, 5) is 44.8. The first-order chi connectivity index (χ1) is 8.32. The summed E-state index contributed by atoms with van der Waals surface area (Å²) in [5.41, 5.74) is 2.18. The molecule has 0 fully saturated rings. The molecule has 0 unspecified atom stereocenters. The first kappa shape index (κ1) is 13.6. The van der Waals surface area contributed by atoms with E-state index in [9.17, 15) is 19.2 Å². The summed E-state index contributed by atoms with van der Waals surface area (Å²) in [6, 6.07) is 0. The highest BCUT2D eigenvalue weighted by molar-refractivity contribution is 6.19. The molecule has 0 radical (unpaired) electrons. The highest BCUT2D eigenvalue weighted by Crippen LogP contribution is 2.16. The van der Waals surface area contributed by atoms with Gasteiger partial charge in [0.15, 0.2) is 5.78 Å². The van der Waals surface area contributed by atoms with Gasteiger partial charge in [0.2, 0.25) is 11.7 Å². The summed E-state index contributed by atoms with van der Waals surface area (Å²) in [7, 11) is 0. The number of carboxylic acid groups (broad SMARTS) is 1. The van der Waals surface area contributed by atoms with Crippen molar-refractivity contribution in [1.29, 1.82) is 0 Å². The van der Waals surface area contributed by atoms with Crippen molar-refractivity contribution in [2.24, 2.45) is 0 Å². The van der Waals surface area contributed by atoms with Crippen LogP contribution in [0.1, 0.15) is 13.8 Å². The summed E-state index contributed by atoms with van der Waals surface area (Å²) >= 11 is 0. The van der Waals surface area contributed by atoms with Gasteiger partial charge in [-0.25, -0.2) is 0 Å². The Hall–Kier alpha value is -2.44. The molecule has 1 amide bonds. The average Bonchev–Trinajstić information content (AvgIpc) is 2.22. The molecule has 0 spiro atoms. The Morgan fingerprint density at radius 1 is 1.28 bits per heavy atom. The third-order valence-electron chi connectivity index (χ3n) is 2.20. The Kier molecular flexibility index (Phi) is 3.98. The van der Waals surface area contributed by atoms with Crippen LogP contribution in [0.15, 0.2) is 23.4 Å². The van der Waals surface area contributed by atoms with Crippen LogP contribution < -0.4 is 5.43 Å². The second kappa shape index (κ2) is 5.26. The third kappa shape index (κ3) is 3.03. The molecule has 0 saturated heterocycles. The second-order valence-electron chi connectivity index (χ2n) is 3.68. The van der Waals surface area contributed by atoms with E-state index in [0.29, 0.717) is 0 Å². The molecule has 0 bridgehead atoms. The molecule has 1 aliphatic carbocycles. The minimum absolute atomic E-state index is 0.0949. The number of rotatable bonds is 4. The number of hydrogen-bond donors (Lipinski definition) is 2. The van der Waals surface area contributed by atoms with Crippen molar-refractivity contribution in [3.63, 3.8) is 0 Å². The van der Waals surface area contributed by atoms with Gasteiger partial charge in [-0.15, -0.1) is 0 Å². The third-order valence-corrected chi connectivity index (χ3v) is 2.20.